The lowest BCUT2D eigenvalue weighted by atomic mass is 9.93. The number of amides is 1. The third-order valence-electron chi connectivity index (χ3n) is 6.51. The number of ether oxygens (including phenoxy) is 2. The van der Waals surface area contributed by atoms with Crippen molar-refractivity contribution in [3.05, 3.63) is 0 Å². The molecule has 5 heteroatoms. The molecule has 5 nitrogen and oxygen atoms in total. The standard InChI is InChI=1S/C19H32N2O3/c22-18(17-7-3-4-10-21(17)16-5-1-2-6-16)20-11-8-15(9-12-20)19-23-13-14-24-19/h15-17,19H,1-14H2/t17-/m1/s1. The number of carbonyl (C=O) groups excluding carboxylic acids is 1. The van der Waals surface area contributed by atoms with Crippen molar-refractivity contribution in [2.24, 2.45) is 5.92 Å². The molecule has 24 heavy (non-hydrogen) atoms. The molecule has 0 N–H and O–H groups in total. The third-order valence-corrected chi connectivity index (χ3v) is 6.51. The highest BCUT2D eigenvalue weighted by Crippen LogP contribution is 2.32. The molecule has 0 aromatic heterocycles. The molecule has 0 aromatic carbocycles. The molecular formula is C19H32N2O3. The molecule has 136 valence electrons. The van der Waals surface area contributed by atoms with E-state index in [4.69, 9.17) is 9.47 Å². The van der Waals surface area contributed by atoms with E-state index in [2.05, 4.69) is 9.80 Å². The van der Waals surface area contributed by atoms with Gasteiger partial charge in [-0.1, -0.05) is 19.3 Å². The summed E-state index contributed by atoms with van der Waals surface area (Å²) in [4.78, 5) is 17.9. The predicted octanol–water partition coefficient (Wildman–Crippen LogP) is 2.40. The van der Waals surface area contributed by atoms with Crippen molar-refractivity contribution in [2.75, 3.05) is 32.8 Å². The van der Waals surface area contributed by atoms with Crippen LogP contribution in [0, 0.1) is 5.92 Å². The Bertz CT molecular complexity index is 424. The van der Waals surface area contributed by atoms with E-state index in [1.54, 1.807) is 0 Å². The maximum Gasteiger partial charge on any atom is 0.239 e. The van der Waals surface area contributed by atoms with E-state index in [0.717, 1.165) is 52.1 Å². The fourth-order valence-electron chi connectivity index (χ4n) is 5.14. The normalized spacial score (nSPS) is 31.8. The highest BCUT2D eigenvalue weighted by Gasteiger charge is 2.38. The molecule has 1 saturated carbocycles. The predicted molar refractivity (Wildman–Crippen MR) is 91.6 cm³/mol. The monoisotopic (exact) mass is 336 g/mol. The first kappa shape index (κ1) is 16.8. The second-order valence-electron chi connectivity index (χ2n) is 7.96. The summed E-state index contributed by atoms with van der Waals surface area (Å²) in [6.45, 7) is 4.33. The first-order valence-electron chi connectivity index (χ1n) is 10.1. The second kappa shape index (κ2) is 7.71. The van der Waals surface area contributed by atoms with E-state index in [0.29, 0.717) is 17.9 Å². The minimum absolute atomic E-state index is 0.0214. The summed E-state index contributed by atoms with van der Waals surface area (Å²) >= 11 is 0. The van der Waals surface area contributed by atoms with Crippen LogP contribution in [0.2, 0.25) is 0 Å². The number of carbonyl (C=O) groups is 1. The Morgan fingerprint density at radius 3 is 2.17 bits per heavy atom. The van der Waals surface area contributed by atoms with Crippen molar-refractivity contribution in [3.63, 3.8) is 0 Å². The fraction of sp³-hybridized carbons (Fsp3) is 0.947. The van der Waals surface area contributed by atoms with Gasteiger partial charge in [0.05, 0.1) is 19.3 Å². The van der Waals surface area contributed by atoms with Crippen LogP contribution in [0.25, 0.3) is 0 Å². The van der Waals surface area contributed by atoms with Gasteiger partial charge in [0.15, 0.2) is 6.29 Å². The summed E-state index contributed by atoms with van der Waals surface area (Å²) in [7, 11) is 0. The lowest BCUT2D eigenvalue weighted by Crippen LogP contribution is -2.55. The number of rotatable bonds is 3. The number of piperidine rings is 2. The van der Waals surface area contributed by atoms with E-state index < -0.39 is 0 Å². The van der Waals surface area contributed by atoms with Gasteiger partial charge < -0.3 is 14.4 Å². The molecule has 0 spiro atoms. The van der Waals surface area contributed by atoms with Crippen molar-refractivity contribution in [2.45, 2.75) is 76.2 Å². The van der Waals surface area contributed by atoms with E-state index in [9.17, 15) is 4.79 Å². The molecule has 1 amide bonds. The van der Waals surface area contributed by atoms with E-state index >= 15 is 0 Å². The van der Waals surface area contributed by atoms with Gasteiger partial charge >= 0.3 is 0 Å². The molecule has 0 bridgehead atoms. The molecular weight excluding hydrogens is 304 g/mol. The van der Waals surface area contributed by atoms with Gasteiger partial charge in [0.25, 0.3) is 0 Å². The average molecular weight is 336 g/mol. The van der Waals surface area contributed by atoms with Crippen LogP contribution < -0.4 is 0 Å². The Morgan fingerprint density at radius 1 is 0.792 bits per heavy atom. The van der Waals surface area contributed by atoms with Gasteiger partial charge in [-0.2, -0.15) is 0 Å². The van der Waals surface area contributed by atoms with Gasteiger partial charge in [0, 0.05) is 25.0 Å². The molecule has 3 heterocycles. The van der Waals surface area contributed by atoms with Crippen molar-refractivity contribution in [1.29, 1.82) is 0 Å². The highest BCUT2D eigenvalue weighted by molar-refractivity contribution is 5.82. The van der Waals surface area contributed by atoms with Crippen LogP contribution in [0.5, 0.6) is 0 Å². The van der Waals surface area contributed by atoms with Gasteiger partial charge in [-0.15, -0.1) is 0 Å². The topological polar surface area (TPSA) is 42.0 Å². The Labute approximate surface area is 145 Å². The maximum absolute atomic E-state index is 13.2. The first-order valence-corrected chi connectivity index (χ1v) is 10.1. The van der Waals surface area contributed by atoms with E-state index in [-0.39, 0.29) is 12.3 Å². The van der Waals surface area contributed by atoms with Crippen LogP contribution in [-0.2, 0) is 14.3 Å². The quantitative estimate of drug-likeness (QED) is 0.794. The zero-order valence-corrected chi connectivity index (χ0v) is 14.8. The molecule has 4 fully saturated rings. The first-order chi connectivity index (χ1) is 11.8. The summed E-state index contributed by atoms with van der Waals surface area (Å²) in [5.41, 5.74) is 0. The van der Waals surface area contributed by atoms with Crippen molar-refractivity contribution in [1.82, 2.24) is 9.80 Å². The minimum Gasteiger partial charge on any atom is -0.350 e. The van der Waals surface area contributed by atoms with Gasteiger partial charge in [-0.25, -0.2) is 0 Å². The molecule has 4 rings (SSSR count). The largest absolute Gasteiger partial charge is 0.350 e. The molecule has 0 aromatic rings. The highest BCUT2D eigenvalue weighted by atomic mass is 16.7. The Morgan fingerprint density at radius 2 is 1.46 bits per heavy atom. The molecule has 0 radical (unpaired) electrons. The van der Waals surface area contributed by atoms with Crippen LogP contribution in [0.3, 0.4) is 0 Å². The van der Waals surface area contributed by atoms with Gasteiger partial charge in [-0.3, -0.25) is 9.69 Å². The SMILES string of the molecule is O=C([C@H]1CCCCN1C1CCCC1)N1CCC(C2OCCO2)CC1. The van der Waals surface area contributed by atoms with E-state index in [1.807, 2.05) is 0 Å². The van der Waals surface area contributed by atoms with Crippen LogP contribution in [0.4, 0.5) is 0 Å². The van der Waals surface area contributed by atoms with E-state index in [1.165, 1.54) is 38.5 Å². The van der Waals surface area contributed by atoms with Crippen LogP contribution in [0.1, 0.15) is 57.8 Å². The lowest BCUT2D eigenvalue weighted by molar-refractivity contribution is -0.144. The zero-order chi connectivity index (χ0) is 16.4. The number of nitrogens with zero attached hydrogens (tertiary/aromatic N) is 2. The number of hydrogen-bond donors (Lipinski definition) is 0. The Kier molecular flexibility index (Phi) is 5.40. The average Bonchev–Trinajstić information content (AvgIpc) is 3.35. The van der Waals surface area contributed by atoms with Crippen LogP contribution in [0.15, 0.2) is 0 Å². The molecule has 3 saturated heterocycles. The van der Waals surface area contributed by atoms with Gasteiger partial charge in [-0.05, 0) is 45.1 Å². The summed E-state index contributed by atoms with van der Waals surface area (Å²) in [6.07, 6.45) is 10.8. The smallest absolute Gasteiger partial charge is 0.239 e. The number of likely N-dealkylation sites (tertiary alicyclic amines) is 2. The summed E-state index contributed by atoms with van der Waals surface area (Å²) in [5, 5.41) is 0. The minimum atomic E-state index is -0.0214. The summed E-state index contributed by atoms with van der Waals surface area (Å²) in [6, 6.07) is 0.814. The Hall–Kier alpha value is -0.650. The second-order valence-corrected chi connectivity index (χ2v) is 7.96. The lowest BCUT2D eigenvalue weighted by Gasteiger charge is -2.42. The molecule has 1 aliphatic carbocycles. The number of hydrogen-bond acceptors (Lipinski definition) is 4. The molecule has 0 unspecified atom stereocenters. The van der Waals surface area contributed by atoms with Crippen molar-refractivity contribution in [3.8, 4) is 0 Å². The fourth-order valence-corrected chi connectivity index (χ4v) is 5.14. The third kappa shape index (κ3) is 3.49. The Balaban J connectivity index is 1.34. The van der Waals surface area contributed by atoms with Crippen LogP contribution >= 0.6 is 0 Å². The van der Waals surface area contributed by atoms with Crippen molar-refractivity contribution >= 4 is 5.91 Å². The maximum atomic E-state index is 13.2. The van der Waals surface area contributed by atoms with Crippen LogP contribution in [-0.4, -0.2) is 66.9 Å². The van der Waals surface area contributed by atoms with Gasteiger partial charge in [0.1, 0.15) is 0 Å². The van der Waals surface area contributed by atoms with Crippen molar-refractivity contribution < 1.29 is 14.3 Å². The summed E-state index contributed by atoms with van der Waals surface area (Å²) < 4.78 is 11.3. The molecule has 1 atom stereocenters. The zero-order valence-electron chi connectivity index (χ0n) is 14.8. The van der Waals surface area contributed by atoms with Gasteiger partial charge in [0.2, 0.25) is 5.91 Å². The molecule has 3 aliphatic heterocycles. The molecule has 4 aliphatic rings. The summed E-state index contributed by atoms with van der Waals surface area (Å²) in [5.74, 6) is 0.863.